The minimum Gasteiger partial charge on any atom is -0.487 e. The highest BCUT2D eigenvalue weighted by Gasteiger charge is 2.03. The number of rotatable bonds is 7. The first-order chi connectivity index (χ1) is 9.79. The van der Waals surface area contributed by atoms with E-state index in [2.05, 4.69) is 51.4 Å². The van der Waals surface area contributed by atoms with Gasteiger partial charge in [-0.25, -0.2) is 0 Å². The van der Waals surface area contributed by atoms with Crippen LogP contribution in [-0.2, 0) is 13.2 Å². The van der Waals surface area contributed by atoms with Crippen molar-refractivity contribution in [3.05, 3.63) is 58.3 Å². The van der Waals surface area contributed by atoms with E-state index in [1.807, 2.05) is 12.1 Å². The van der Waals surface area contributed by atoms with Crippen molar-refractivity contribution in [1.29, 1.82) is 0 Å². The fourth-order valence-electron chi connectivity index (χ4n) is 1.90. The quantitative estimate of drug-likeness (QED) is 0.779. The molecule has 0 unspecified atom stereocenters. The number of aromatic nitrogens is 1. The van der Waals surface area contributed by atoms with Crippen LogP contribution in [0.5, 0.6) is 5.75 Å². The number of pyridine rings is 1. The second-order valence-corrected chi connectivity index (χ2v) is 5.49. The third-order valence-corrected chi connectivity index (χ3v) is 3.37. The molecule has 4 heteroatoms. The molecular weight excluding hydrogens is 316 g/mol. The van der Waals surface area contributed by atoms with E-state index >= 15 is 0 Å². The Morgan fingerprint density at radius 1 is 1.20 bits per heavy atom. The van der Waals surface area contributed by atoms with Crippen molar-refractivity contribution in [3.63, 3.8) is 0 Å². The van der Waals surface area contributed by atoms with E-state index in [1.54, 1.807) is 12.4 Å². The van der Waals surface area contributed by atoms with Gasteiger partial charge in [0.25, 0.3) is 0 Å². The number of nitrogens with one attached hydrogen (secondary N) is 1. The summed E-state index contributed by atoms with van der Waals surface area (Å²) in [5.74, 6) is 0.774. The van der Waals surface area contributed by atoms with Gasteiger partial charge in [0.1, 0.15) is 12.4 Å². The number of benzene rings is 1. The largest absolute Gasteiger partial charge is 0.487 e. The molecule has 0 atom stereocenters. The average molecular weight is 335 g/mol. The van der Waals surface area contributed by atoms with Crippen LogP contribution in [-0.4, -0.2) is 11.5 Å². The summed E-state index contributed by atoms with van der Waals surface area (Å²) < 4.78 is 6.72. The van der Waals surface area contributed by atoms with Crippen molar-refractivity contribution in [3.8, 4) is 5.75 Å². The van der Waals surface area contributed by atoms with Gasteiger partial charge in [-0.3, -0.25) is 4.98 Å². The maximum Gasteiger partial charge on any atom is 0.139 e. The predicted molar refractivity (Wildman–Crippen MR) is 84.7 cm³/mol. The molecular formula is C16H19BrN2O. The molecule has 0 aliphatic carbocycles. The van der Waals surface area contributed by atoms with E-state index in [-0.39, 0.29) is 0 Å². The molecule has 0 saturated carbocycles. The minimum atomic E-state index is 0.558. The van der Waals surface area contributed by atoms with Crippen molar-refractivity contribution in [2.24, 2.45) is 0 Å². The average Bonchev–Trinajstić information content (AvgIpc) is 2.47. The highest BCUT2D eigenvalue weighted by atomic mass is 79.9. The first-order valence-corrected chi connectivity index (χ1v) is 7.59. The zero-order valence-electron chi connectivity index (χ0n) is 11.6. The molecule has 0 aliphatic heterocycles. The fraction of sp³-hybridized carbons (Fsp3) is 0.312. The monoisotopic (exact) mass is 334 g/mol. The van der Waals surface area contributed by atoms with Crippen LogP contribution in [0.25, 0.3) is 0 Å². The van der Waals surface area contributed by atoms with Crippen LogP contribution in [0.4, 0.5) is 0 Å². The molecule has 0 aliphatic rings. The molecule has 1 heterocycles. The van der Waals surface area contributed by atoms with Gasteiger partial charge in [-0.15, -0.1) is 0 Å². The molecule has 0 fully saturated rings. The molecule has 1 aromatic carbocycles. The van der Waals surface area contributed by atoms with Crippen LogP contribution in [0.3, 0.4) is 0 Å². The molecule has 2 aromatic rings. The van der Waals surface area contributed by atoms with Gasteiger partial charge in [0.15, 0.2) is 0 Å². The van der Waals surface area contributed by atoms with E-state index in [9.17, 15) is 0 Å². The summed E-state index contributed by atoms with van der Waals surface area (Å²) in [6.07, 6.45) is 4.61. The summed E-state index contributed by atoms with van der Waals surface area (Å²) in [5.41, 5.74) is 2.49. The number of nitrogens with zero attached hydrogens (tertiary/aromatic N) is 1. The normalized spacial score (nSPS) is 10.5. The minimum absolute atomic E-state index is 0.558. The fourth-order valence-corrected chi connectivity index (χ4v) is 2.25. The Bertz CT molecular complexity index is 546. The molecule has 106 valence electrons. The van der Waals surface area contributed by atoms with E-state index in [4.69, 9.17) is 4.74 Å². The van der Waals surface area contributed by atoms with Crippen LogP contribution in [0.15, 0.2) is 47.2 Å². The molecule has 3 nitrogen and oxygen atoms in total. The van der Waals surface area contributed by atoms with Crippen molar-refractivity contribution < 1.29 is 4.74 Å². The van der Waals surface area contributed by atoms with E-state index in [1.165, 1.54) is 11.1 Å². The van der Waals surface area contributed by atoms with Gasteiger partial charge in [0.05, 0.1) is 6.20 Å². The smallest absolute Gasteiger partial charge is 0.139 e. The second-order valence-electron chi connectivity index (χ2n) is 4.57. The van der Waals surface area contributed by atoms with Crippen molar-refractivity contribution in [2.45, 2.75) is 26.5 Å². The Kier molecular flexibility index (Phi) is 6.02. The second kappa shape index (κ2) is 8.02. The molecule has 1 aromatic heterocycles. The van der Waals surface area contributed by atoms with Crippen molar-refractivity contribution in [2.75, 3.05) is 6.54 Å². The molecule has 0 saturated heterocycles. The lowest BCUT2D eigenvalue weighted by atomic mass is 10.1. The van der Waals surface area contributed by atoms with Crippen LogP contribution in [0.2, 0.25) is 0 Å². The Labute approximate surface area is 128 Å². The highest BCUT2D eigenvalue weighted by Crippen LogP contribution is 2.18. The Morgan fingerprint density at radius 2 is 2.00 bits per heavy atom. The molecule has 20 heavy (non-hydrogen) atoms. The molecule has 0 spiro atoms. The third-order valence-electron chi connectivity index (χ3n) is 2.93. The number of hydrogen-bond acceptors (Lipinski definition) is 3. The summed E-state index contributed by atoms with van der Waals surface area (Å²) in [6, 6.07) is 10.3. The zero-order valence-corrected chi connectivity index (χ0v) is 13.2. The zero-order chi connectivity index (χ0) is 14.2. The maximum absolute atomic E-state index is 5.80. The van der Waals surface area contributed by atoms with E-state index < -0.39 is 0 Å². The SMILES string of the molecule is CCCNCc1ccccc1COc1cncc(Br)c1. The van der Waals surface area contributed by atoms with Gasteiger partial charge >= 0.3 is 0 Å². The Hall–Kier alpha value is -1.39. The lowest BCUT2D eigenvalue weighted by molar-refractivity contribution is 0.303. The lowest BCUT2D eigenvalue weighted by Crippen LogP contribution is -2.15. The molecule has 0 amide bonds. The highest BCUT2D eigenvalue weighted by molar-refractivity contribution is 9.10. The van der Waals surface area contributed by atoms with Crippen LogP contribution < -0.4 is 10.1 Å². The first-order valence-electron chi connectivity index (χ1n) is 6.80. The Morgan fingerprint density at radius 3 is 2.75 bits per heavy atom. The third kappa shape index (κ3) is 4.62. The summed E-state index contributed by atoms with van der Waals surface area (Å²) >= 11 is 3.39. The van der Waals surface area contributed by atoms with Gasteiger partial charge in [-0.2, -0.15) is 0 Å². The summed E-state index contributed by atoms with van der Waals surface area (Å²) in [7, 11) is 0. The number of ether oxygens (including phenoxy) is 1. The topological polar surface area (TPSA) is 34.1 Å². The number of halogens is 1. The molecule has 1 N–H and O–H groups in total. The molecule has 0 radical (unpaired) electrons. The van der Waals surface area contributed by atoms with E-state index in [0.29, 0.717) is 6.61 Å². The van der Waals surface area contributed by atoms with Crippen LogP contribution >= 0.6 is 15.9 Å². The number of hydrogen-bond donors (Lipinski definition) is 1. The first kappa shape index (κ1) is 15.0. The maximum atomic E-state index is 5.80. The van der Waals surface area contributed by atoms with Crippen LogP contribution in [0.1, 0.15) is 24.5 Å². The van der Waals surface area contributed by atoms with Gasteiger partial charge in [-0.05, 0) is 46.1 Å². The van der Waals surface area contributed by atoms with Gasteiger partial charge in [0, 0.05) is 17.2 Å². The summed E-state index contributed by atoms with van der Waals surface area (Å²) in [4.78, 5) is 4.10. The van der Waals surface area contributed by atoms with Gasteiger partial charge in [0.2, 0.25) is 0 Å². The summed E-state index contributed by atoms with van der Waals surface area (Å²) in [5, 5.41) is 3.42. The predicted octanol–water partition coefficient (Wildman–Crippen LogP) is 3.92. The van der Waals surface area contributed by atoms with Gasteiger partial charge in [-0.1, -0.05) is 31.2 Å². The molecule has 0 bridgehead atoms. The van der Waals surface area contributed by atoms with E-state index in [0.717, 1.165) is 29.7 Å². The molecule has 2 rings (SSSR count). The van der Waals surface area contributed by atoms with Crippen molar-refractivity contribution >= 4 is 15.9 Å². The Balaban J connectivity index is 1.98. The summed E-state index contributed by atoms with van der Waals surface area (Å²) in [6.45, 7) is 4.64. The lowest BCUT2D eigenvalue weighted by Gasteiger charge is -2.11. The van der Waals surface area contributed by atoms with Crippen molar-refractivity contribution in [1.82, 2.24) is 10.3 Å². The van der Waals surface area contributed by atoms with Crippen LogP contribution in [0, 0.1) is 0 Å². The van der Waals surface area contributed by atoms with Gasteiger partial charge < -0.3 is 10.1 Å². The standard InChI is InChI=1S/C16H19BrN2O/c1-2-7-18-9-13-5-3-4-6-14(13)12-20-16-8-15(17)10-19-11-16/h3-6,8,10-11,18H,2,7,9,12H2,1H3.